The maximum atomic E-state index is 11.5. The van der Waals surface area contributed by atoms with Crippen LogP contribution in [0.15, 0.2) is 30.3 Å². The van der Waals surface area contributed by atoms with Gasteiger partial charge < -0.3 is 9.94 Å². The molecule has 0 heterocycles. The highest BCUT2D eigenvalue weighted by atomic mass is 16.7. The number of para-hydroxylation sites is 1. The van der Waals surface area contributed by atoms with Crippen molar-refractivity contribution in [2.24, 2.45) is 11.7 Å². The molecule has 0 amide bonds. The predicted octanol–water partition coefficient (Wildman–Crippen LogP) is 1.25. The van der Waals surface area contributed by atoms with Crippen LogP contribution in [0.5, 0.6) is 0 Å². The summed E-state index contributed by atoms with van der Waals surface area (Å²) in [6.45, 7) is 3.71. The zero-order valence-corrected chi connectivity index (χ0v) is 10.0. The first kappa shape index (κ1) is 13.5. The SMILES string of the molecule is CC(C)CC(N)(O)C(=O)ONc1ccccc1. The first-order valence-corrected chi connectivity index (χ1v) is 5.45. The van der Waals surface area contributed by atoms with Crippen LogP contribution >= 0.6 is 0 Å². The van der Waals surface area contributed by atoms with Gasteiger partial charge in [-0.2, -0.15) is 0 Å². The van der Waals surface area contributed by atoms with Gasteiger partial charge in [0.2, 0.25) is 5.72 Å². The Kier molecular flexibility index (Phi) is 4.48. The molecule has 5 heteroatoms. The van der Waals surface area contributed by atoms with E-state index in [9.17, 15) is 9.90 Å². The zero-order valence-electron chi connectivity index (χ0n) is 10.0. The van der Waals surface area contributed by atoms with Gasteiger partial charge in [0.15, 0.2) is 0 Å². The van der Waals surface area contributed by atoms with Crippen LogP contribution < -0.4 is 11.2 Å². The van der Waals surface area contributed by atoms with Crippen molar-refractivity contribution in [1.82, 2.24) is 0 Å². The minimum Gasteiger partial charge on any atom is -0.366 e. The molecule has 0 spiro atoms. The first-order valence-electron chi connectivity index (χ1n) is 5.45. The number of benzene rings is 1. The van der Waals surface area contributed by atoms with E-state index in [2.05, 4.69) is 5.48 Å². The lowest BCUT2D eigenvalue weighted by Crippen LogP contribution is -2.50. The highest BCUT2D eigenvalue weighted by molar-refractivity contribution is 5.79. The van der Waals surface area contributed by atoms with Crippen LogP contribution in [0.25, 0.3) is 0 Å². The Labute approximate surface area is 101 Å². The monoisotopic (exact) mass is 238 g/mol. The maximum absolute atomic E-state index is 11.5. The number of hydrogen-bond donors (Lipinski definition) is 3. The molecule has 1 rings (SSSR count). The van der Waals surface area contributed by atoms with Gasteiger partial charge in [0.25, 0.3) is 0 Å². The van der Waals surface area contributed by atoms with Crippen molar-refractivity contribution < 1.29 is 14.7 Å². The molecule has 5 nitrogen and oxygen atoms in total. The molecule has 0 aromatic heterocycles. The number of nitrogens with two attached hydrogens (primary N) is 1. The standard InChI is InChI=1S/C12H18N2O3/c1-9(2)8-12(13,16)11(15)17-14-10-6-4-3-5-7-10/h3-7,9,14,16H,8,13H2,1-2H3. The third-order valence-electron chi connectivity index (χ3n) is 2.11. The van der Waals surface area contributed by atoms with Gasteiger partial charge in [0.1, 0.15) is 0 Å². The van der Waals surface area contributed by atoms with Gasteiger partial charge >= 0.3 is 5.97 Å². The summed E-state index contributed by atoms with van der Waals surface area (Å²) >= 11 is 0. The largest absolute Gasteiger partial charge is 0.378 e. The lowest BCUT2D eigenvalue weighted by atomic mass is 10.0. The average Bonchev–Trinajstić information content (AvgIpc) is 2.25. The Morgan fingerprint density at radius 2 is 2.06 bits per heavy atom. The molecule has 0 fully saturated rings. The van der Waals surface area contributed by atoms with E-state index < -0.39 is 11.7 Å². The van der Waals surface area contributed by atoms with Gasteiger partial charge in [0, 0.05) is 6.42 Å². The van der Waals surface area contributed by atoms with Crippen molar-refractivity contribution in [3.8, 4) is 0 Å². The second-order valence-electron chi connectivity index (χ2n) is 4.38. The minimum atomic E-state index is -1.96. The highest BCUT2D eigenvalue weighted by Crippen LogP contribution is 2.13. The third kappa shape index (κ3) is 4.42. The molecule has 4 N–H and O–H groups in total. The molecule has 0 aliphatic heterocycles. The quantitative estimate of drug-likeness (QED) is 0.531. The molecule has 0 aliphatic rings. The van der Waals surface area contributed by atoms with Crippen molar-refractivity contribution in [2.45, 2.75) is 26.0 Å². The van der Waals surface area contributed by atoms with E-state index in [-0.39, 0.29) is 12.3 Å². The second kappa shape index (κ2) is 5.65. The first-order chi connectivity index (χ1) is 7.92. The fraction of sp³-hybridized carbons (Fsp3) is 0.417. The summed E-state index contributed by atoms with van der Waals surface area (Å²) in [5, 5.41) is 9.69. The number of carbonyl (C=O) groups excluding carboxylic acids is 1. The third-order valence-corrected chi connectivity index (χ3v) is 2.11. The Hall–Kier alpha value is -1.59. The van der Waals surface area contributed by atoms with Gasteiger partial charge in [-0.25, -0.2) is 10.3 Å². The molecule has 17 heavy (non-hydrogen) atoms. The second-order valence-corrected chi connectivity index (χ2v) is 4.38. The Morgan fingerprint density at radius 3 is 2.59 bits per heavy atom. The summed E-state index contributed by atoms with van der Waals surface area (Å²) in [5.74, 6) is -0.802. The molecule has 1 aromatic rings. The normalized spacial score (nSPS) is 14.2. The van der Waals surface area contributed by atoms with Crippen LogP contribution in [0.4, 0.5) is 5.69 Å². The van der Waals surface area contributed by atoms with E-state index >= 15 is 0 Å². The lowest BCUT2D eigenvalue weighted by molar-refractivity contribution is -0.163. The Morgan fingerprint density at radius 1 is 1.47 bits per heavy atom. The molecule has 0 aliphatic carbocycles. The van der Waals surface area contributed by atoms with E-state index in [1.807, 2.05) is 19.9 Å². The van der Waals surface area contributed by atoms with Crippen LogP contribution in [-0.2, 0) is 9.63 Å². The Balaban J connectivity index is 2.49. The summed E-state index contributed by atoms with van der Waals surface area (Å²) in [6, 6.07) is 8.87. The number of rotatable bonds is 5. The molecule has 0 bridgehead atoms. The van der Waals surface area contributed by atoms with Gasteiger partial charge in [0.05, 0.1) is 5.69 Å². The number of aliphatic hydroxyl groups is 1. The summed E-state index contributed by atoms with van der Waals surface area (Å²) in [4.78, 5) is 16.2. The molecular weight excluding hydrogens is 220 g/mol. The number of anilines is 1. The molecule has 0 saturated carbocycles. The van der Waals surface area contributed by atoms with Crippen LogP contribution in [-0.4, -0.2) is 16.8 Å². The fourth-order valence-electron chi connectivity index (χ4n) is 1.41. The molecule has 94 valence electrons. The van der Waals surface area contributed by atoms with Crippen LogP contribution in [0.3, 0.4) is 0 Å². The molecule has 1 atom stereocenters. The number of nitrogens with one attached hydrogen (secondary N) is 1. The average molecular weight is 238 g/mol. The van der Waals surface area contributed by atoms with Gasteiger partial charge in [-0.1, -0.05) is 32.0 Å². The molecule has 1 unspecified atom stereocenters. The smallest absolute Gasteiger partial charge is 0.366 e. The lowest BCUT2D eigenvalue weighted by Gasteiger charge is -2.22. The van der Waals surface area contributed by atoms with E-state index in [1.54, 1.807) is 24.3 Å². The minimum absolute atomic E-state index is 0.0919. The summed E-state index contributed by atoms with van der Waals surface area (Å²) in [7, 11) is 0. The van der Waals surface area contributed by atoms with E-state index in [0.717, 1.165) is 0 Å². The van der Waals surface area contributed by atoms with E-state index in [1.165, 1.54) is 0 Å². The van der Waals surface area contributed by atoms with Crippen molar-refractivity contribution in [1.29, 1.82) is 0 Å². The fourth-order valence-corrected chi connectivity index (χ4v) is 1.41. The van der Waals surface area contributed by atoms with Crippen LogP contribution in [0, 0.1) is 5.92 Å². The van der Waals surface area contributed by atoms with E-state index in [4.69, 9.17) is 10.6 Å². The highest BCUT2D eigenvalue weighted by Gasteiger charge is 2.34. The maximum Gasteiger partial charge on any atom is 0.378 e. The van der Waals surface area contributed by atoms with Crippen LogP contribution in [0.2, 0.25) is 0 Å². The van der Waals surface area contributed by atoms with Gasteiger partial charge in [-0.3, -0.25) is 5.73 Å². The predicted molar refractivity (Wildman–Crippen MR) is 64.7 cm³/mol. The molecule has 1 aromatic carbocycles. The molecule has 0 radical (unpaired) electrons. The van der Waals surface area contributed by atoms with Gasteiger partial charge in [-0.15, -0.1) is 0 Å². The molecule has 0 saturated heterocycles. The zero-order chi connectivity index (χ0) is 12.9. The van der Waals surface area contributed by atoms with E-state index in [0.29, 0.717) is 5.69 Å². The van der Waals surface area contributed by atoms with Crippen molar-refractivity contribution in [2.75, 3.05) is 5.48 Å². The topological polar surface area (TPSA) is 84.6 Å². The van der Waals surface area contributed by atoms with Crippen LogP contribution in [0.1, 0.15) is 20.3 Å². The number of carbonyl (C=O) groups is 1. The van der Waals surface area contributed by atoms with Crippen molar-refractivity contribution >= 4 is 11.7 Å². The van der Waals surface area contributed by atoms with Crippen molar-refractivity contribution in [3.63, 3.8) is 0 Å². The summed E-state index contributed by atoms with van der Waals surface area (Å²) in [6.07, 6.45) is 0.141. The van der Waals surface area contributed by atoms with Gasteiger partial charge in [-0.05, 0) is 18.1 Å². The number of hydrogen-bond acceptors (Lipinski definition) is 5. The van der Waals surface area contributed by atoms with Crippen molar-refractivity contribution in [3.05, 3.63) is 30.3 Å². The summed E-state index contributed by atoms with van der Waals surface area (Å²) < 4.78 is 0. The Bertz CT molecular complexity index is 363. The molecular formula is C12H18N2O3. The summed E-state index contributed by atoms with van der Waals surface area (Å²) in [5.41, 5.74) is 6.55.